The van der Waals surface area contributed by atoms with Crippen LogP contribution in [0.1, 0.15) is 19.4 Å². The van der Waals surface area contributed by atoms with Gasteiger partial charge in [0.1, 0.15) is 5.71 Å². The van der Waals surface area contributed by atoms with Crippen LogP contribution < -0.4 is 0 Å². The van der Waals surface area contributed by atoms with E-state index in [1.807, 2.05) is 18.2 Å². The summed E-state index contributed by atoms with van der Waals surface area (Å²) in [5, 5.41) is 3.70. The Morgan fingerprint density at radius 2 is 1.89 bits per heavy atom. The van der Waals surface area contributed by atoms with Crippen molar-refractivity contribution in [2.45, 2.75) is 13.8 Å². The molecule has 100 valence electrons. The number of allylic oxidation sites excluding steroid dienone is 1. The van der Waals surface area contributed by atoms with Crippen molar-refractivity contribution in [2.24, 2.45) is 5.16 Å². The maximum absolute atomic E-state index is 11.2. The largest absolute Gasteiger partial charge is 0.463 e. The normalized spacial score (nSPS) is 11.4. The summed E-state index contributed by atoms with van der Waals surface area (Å²) >= 11 is 0. The Hall–Kier alpha value is -2.43. The summed E-state index contributed by atoms with van der Waals surface area (Å²) in [6.45, 7) is 3.27. The number of esters is 1. The number of oxime groups is 1. The van der Waals surface area contributed by atoms with Crippen molar-refractivity contribution in [2.75, 3.05) is 6.61 Å². The zero-order chi connectivity index (χ0) is 14.1. The fourth-order valence-corrected chi connectivity index (χ4v) is 1.24. The maximum Gasteiger partial charge on any atom is 0.332 e. The molecule has 0 bridgehead atoms. The minimum absolute atomic E-state index is 0.297. The van der Waals surface area contributed by atoms with Gasteiger partial charge in [-0.2, -0.15) is 0 Å². The van der Waals surface area contributed by atoms with Gasteiger partial charge in [0, 0.05) is 18.6 Å². The van der Waals surface area contributed by atoms with Crippen LogP contribution in [-0.4, -0.2) is 24.3 Å². The van der Waals surface area contributed by atoms with Gasteiger partial charge >= 0.3 is 11.9 Å². The predicted octanol–water partition coefficient (Wildman–Crippen LogP) is 2.07. The van der Waals surface area contributed by atoms with Crippen molar-refractivity contribution in [3.05, 3.63) is 48.0 Å². The zero-order valence-corrected chi connectivity index (χ0v) is 10.8. The highest BCUT2D eigenvalue weighted by Crippen LogP contribution is 2.03. The van der Waals surface area contributed by atoms with E-state index in [0.717, 1.165) is 5.56 Å². The molecule has 0 amide bonds. The van der Waals surface area contributed by atoms with Gasteiger partial charge in [0.05, 0.1) is 6.61 Å². The summed E-state index contributed by atoms with van der Waals surface area (Å²) < 4.78 is 4.77. The summed E-state index contributed by atoms with van der Waals surface area (Å²) in [7, 11) is 0. The molecule has 0 aliphatic carbocycles. The number of hydrogen-bond acceptors (Lipinski definition) is 5. The van der Waals surface area contributed by atoms with E-state index in [2.05, 4.69) is 9.99 Å². The van der Waals surface area contributed by atoms with Crippen molar-refractivity contribution in [1.82, 2.24) is 0 Å². The second kappa shape index (κ2) is 7.81. The highest BCUT2D eigenvalue weighted by atomic mass is 16.7. The zero-order valence-electron chi connectivity index (χ0n) is 10.8. The molecule has 1 aromatic carbocycles. The topological polar surface area (TPSA) is 65.0 Å². The molecule has 0 aliphatic heterocycles. The summed E-state index contributed by atoms with van der Waals surface area (Å²) in [4.78, 5) is 26.6. The summed E-state index contributed by atoms with van der Waals surface area (Å²) in [6.07, 6.45) is 2.68. The SMILES string of the molecule is CCOC(=O)/C=C/C(=N/OC(C)=O)c1ccccc1. The lowest BCUT2D eigenvalue weighted by Gasteiger charge is -2.01. The van der Waals surface area contributed by atoms with Crippen molar-refractivity contribution in [3.63, 3.8) is 0 Å². The molecule has 0 heterocycles. The summed E-state index contributed by atoms with van der Waals surface area (Å²) in [5.74, 6) is -1.01. The maximum atomic E-state index is 11.2. The lowest BCUT2D eigenvalue weighted by Crippen LogP contribution is -2.04. The van der Waals surface area contributed by atoms with Crippen LogP contribution in [0.25, 0.3) is 0 Å². The first-order valence-corrected chi connectivity index (χ1v) is 5.79. The average molecular weight is 261 g/mol. The molecule has 0 N–H and O–H groups in total. The van der Waals surface area contributed by atoms with Crippen LogP contribution in [-0.2, 0) is 19.2 Å². The Kier molecular flexibility index (Phi) is 6.02. The Labute approximate surface area is 111 Å². The Balaban J connectivity index is 2.91. The highest BCUT2D eigenvalue weighted by molar-refractivity contribution is 6.10. The first kappa shape index (κ1) is 14.6. The number of benzene rings is 1. The van der Waals surface area contributed by atoms with E-state index in [-0.39, 0.29) is 0 Å². The van der Waals surface area contributed by atoms with Gasteiger partial charge in [-0.15, -0.1) is 0 Å². The molecule has 0 aromatic heterocycles. The van der Waals surface area contributed by atoms with Gasteiger partial charge in [-0.05, 0) is 13.0 Å². The second-order valence-electron chi connectivity index (χ2n) is 3.51. The highest BCUT2D eigenvalue weighted by Gasteiger charge is 2.03. The molecule has 0 aliphatic rings. The Morgan fingerprint density at radius 3 is 2.47 bits per heavy atom. The van der Waals surface area contributed by atoms with Gasteiger partial charge in [-0.3, -0.25) is 0 Å². The number of carbonyl (C=O) groups is 2. The van der Waals surface area contributed by atoms with Gasteiger partial charge in [-0.1, -0.05) is 35.5 Å². The molecular formula is C14H15NO4. The average Bonchev–Trinajstić information content (AvgIpc) is 2.40. The molecule has 5 heteroatoms. The quantitative estimate of drug-likeness (QED) is 0.267. The molecular weight excluding hydrogens is 246 g/mol. The molecule has 0 saturated heterocycles. The van der Waals surface area contributed by atoms with Crippen molar-refractivity contribution < 1.29 is 19.2 Å². The van der Waals surface area contributed by atoms with Crippen LogP contribution in [0.15, 0.2) is 47.6 Å². The summed E-state index contributed by atoms with van der Waals surface area (Å²) in [6, 6.07) is 9.06. The number of hydrogen-bond donors (Lipinski definition) is 0. The van der Waals surface area contributed by atoms with Crippen LogP contribution in [0.5, 0.6) is 0 Å². The van der Waals surface area contributed by atoms with E-state index in [4.69, 9.17) is 4.74 Å². The van der Waals surface area contributed by atoms with Crippen LogP contribution in [0, 0.1) is 0 Å². The molecule has 0 radical (unpaired) electrons. The fraction of sp³-hybridized carbons (Fsp3) is 0.214. The lowest BCUT2D eigenvalue weighted by atomic mass is 10.1. The molecule has 5 nitrogen and oxygen atoms in total. The van der Waals surface area contributed by atoms with E-state index in [1.54, 1.807) is 19.1 Å². The monoisotopic (exact) mass is 261 g/mol. The number of ether oxygens (including phenoxy) is 1. The lowest BCUT2D eigenvalue weighted by molar-refractivity contribution is -0.141. The van der Waals surface area contributed by atoms with Gasteiger partial charge in [-0.25, -0.2) is 9.59 Å². The van der Waals surface area contributed by atoms with Crippen LogP contribution >= 0.6 is 0 Å². The third kappa shape index (κ3) is 5.63. The van der Waals surface area contributed by atoms with Gasteiger partial charge in [0.15, 0.2) is 0 Å². The van der Waals surface area contributed by atoms with Gasteiger partial charge in [0.2, 0.25) is 0 Å². The van der Waals surface area contributed by atoms with E-state index < -0.39 is 11.9 Å². The van der Waals surface area contributed by atoms with Crippen molar-refractivity contribution in [1.29, 1.82) is 0 Å². The third-order valence-electron chi connectivity index (χ3n) is 2.01. The van der Waals surface area contributed by atoms with E-state index >= 15 is 0 Å². The van der Waals surface area contributed by atoms with Gasteiger partial charge < -0.3 is 9.57 Å². The molecule has 1 aromatic rings. The smallest absolute Gasteiger partial charge is 0.332 e. The first-order valence-electron chi connectivity index (χ1n) is 5.79. The summed E-state index contributed by atoms with van der Waals surface area (Å²) in [5.41, 5.74) is 1.09. The minimum Gasteiger partial charge on any atom is -0.463 e. The van der Waals surface area contributed by atoms with E-state index in [0.29, 0.717) is 12.3 Å². The molecule has 0 atom stereocenters. The predicted molar refractivity (Wildman–Crippen MR) is 70.5 cm³/mol. The molecule has 1 rings (SSSR count). The number of carbonyl (C=O) groups excluding carboxylic acids is 2. The second-order valence-corrected chi connectivity index (χ2v) is 3.51. The molecule has 19 heavy (non-hydrogen) atoms. The molecule has 0 unspecified atom stereocenters. The van der Waals surface area contributed by atoms with Crippen LogP contribution in [0.3, 0.4) is 0 Å². The van der Waals surface area contributed by atoms with E-state index in [1.165, 1.54) is 19.1 Å². The first-order chi connectivity index (χ1) is 9.13. The fourth-order valence-electron chi connectivity index (χ4n) is 1.24. The van der Waals surface area contributed by atoms with E-state index in [9.17, 15) is 9.59 Å². The van der Waals surface area contributed by atoms with Gasteiger partial charge in [0.25, 0.3) is 0 Å². The third-order valence-corrected chi connectivity index (χ3v) is 2.01. The number of rotatable bonds is 5. The van der Waals surface area contributed by atoms with Crippen LogP contribution in [0.4, 0.5) is 0 Å². The standard InChI is InChI=1S/C14H15NO4/c1-3-18-14(17)10-9-13(15-19-11(2)16)12-7-5-4-6-8-12/h4-10H,3H2,1-2H3/b10-9+,15-13-. The molecule has 0 spiro atoms. The van der Waals surface area contributed by atoms with Crippen molar-refractivity contribution in [3.8, 4) is 0 Å². The van der Waals surface area contributed by atoms with Crippen LogP contribution in [0.2, 0.25) is 0 Å². The Bertz CT molecular complexity index is 491. The Morgan fingerprint density at radius 1 is 1.21 bits per heavy atom. The number of nitrogens with zero attached hydrogens (tertiary/aromatic N) is 1. The molecule has 0 saturated carbocycles. The van der Waals surface area contributed by atoms with Crippen molar-refractivity contribution >= 4 is 17.7 Å². The molecule has 0 fully saturated rings. The minimum atomic E-state index is -0.530.